The van der Waals surface area contributed by atoms with Crippen LogP contribution in [0.25, 0.3) is 6.08 Å². The number of hydrogen-bond donors (Lipinski definition) is 2. The second-order valence-corrected chi connectivity index (χ2v) is 2.16. The molecule has 0 aliphatic heterocycles. The summed E-state index contributed by atoms with van der Waals surface area (Å²) in [6.07, 6.45) is 2.35. The first-order chi connectivity index (χ1) is 5.68. The van der Waals surface area contributed by atoms with E-state index >= 15 is 0 Å². The van der Waals surface area contributed by atoms with Crippen LogP contribution in [0.4, 0.5) is 0 Å². The van der Waals surface area contributed by atoms with Crippen molar-refractivity contribution in [3.63, 3.8) is 0 Å². The Morgan fingerprint density at radius 2 is 2.25 bits per heavy atom. The van der Waals surface area contributed by atoms with Crippen LogP contribution in [0.3, 0.4) is 0 Å². The number of carboxylic acid groups (broad SMARTS) is 1. The third kappa shape index (κ3) is 2.46. The van der Waals surface area contributed by atoms with Gasteiger partial charge in [0.25, 0.3) is 0 Å². The van der Waals surface area contributed by atoms with Gasteiger partial charge in [0.05, 0.1) is 0 Å². The molecule has 61 valence electrons. The van der Waals surface area contributed by atoms with Gasteiger partial charge in [0, 0.05) is 12.1 Å². The maximum absolute atomic E-state index is 10.1. The second-order valence-electron chi connectivity index (χ2n) is 2.16. The minimum Gasteiger partial charge on any atom is -0.507 e. The van der Waals surface area contributed by atoms with Gasteiger partial charge < -0.3 is 10.2 Å². The fourth-order valence-electron chi connectivity index (χ4n) is 0.732. The van der Waals surface area contributed by atoms with E-state index in [1.54, 1.807) is 12.1 Å². The largest absolute Gasteiger partial charge is 0.507 e. The highest BCUT2D eigenvalue weighted by Crippen LogP contribution is 2.10. The molecule has 3 nitrogen and oxygen atoms in total. The first-order valence-electron chi connectivity index (χ1n) is 3.31. The van der Waals surface area contributed by atoms with E-state index in [2.05, 4.69) is 6.07 Å². The van der Waals surface area contributed by atoms with E-state index in [1.165, 1.54) is 12.1 Å². The number of rotatable bonds is 2. The number of carboxylic acids is 1. The van der Waals surface area contributed by atoms with Crippen LogP contribution in [0, 0.1) is 6.07 Å². The van der Waals surface area contributed by atoms with E-state index in [0.717, 1.165) is 6.08 Å². The Morgan fingerprint density at radius 3 is 2.83 bits per heavy atom. The summed E-state index contributed by atoms with van der Waals surface area (Å²) in [5.74, 6) is -1.02. The van der Waals surface area contributed by atoms with Crippen LogP contribution >= 0.6 is 0 Å². The molecule has 2 N–H and O–H groups in total. The quantitative estimate of drug-likeness (QED) is 0.646. The summed E-state index contributed by atoms with van der Waals surface area (Å²) in [6, 6.07) is 7.31. The van der Waals surface area contributed by atoms with Crippen molar-refractivity contribution < 1.29 is 15.0 Å². The molecule has 0 aliphatic rings. The Hall–Kier alpha value is -1.77. The third-order valence-corrected chi connectivity index (χ3v) is 1.21. The van der Waals surface area contributed by atoms with Gasteiger partial charge in [0.1, 0.15) is 5.75 Å². The van der Waals surface area contributed by atoms with Crippen LogP contribution in [0.15, 0.2) is 24.3 Å². The number of aliphatic carboxylic acids is 1. The number of benzene rings is 1. The zero-order chi connectivity index (χ0) is 8.97. The third-order valence-electron chi connectivity index (χ3n) is 1.21. The average molecular weight is 163 g/mol. The van der Waals surface area contributed by atoms with Crippen LogP contribution < -0.4 is 0 Å². The highest BCUT2D eigenvalue weighted by atomic mass is 16.4. The minimum atomic E-state index is -1.02. The van der Waals surface area contributed by atoms with Gasteiger partial charge in [-0.25, -0.2) is 4.79 Å². The standard InChI is InChI=1S/C9H7O3/c10-8-3-1-2-7(6-8)4-5-9(11)12/h1-5,10H,(H,11,12)/b5-4+. The number of phenols is 1. The zero-order valence-electron chi connectivity index (χ0n) is 6.19. The van der Waals surface area contributed by atoms with Crippen molar-refractivity contribution >= 4 is 12.0 Å². The van der Waals surface area contributed by atoms with Gasteiger partial charge >= 0.3 is 5.97 Å². The topological polar surface area (TPSA) is 57.5 Å². The lowest BCUT2D eigenvalue weighted by molar-refractivity contribution is -0.131. The number of carbonyl (C=O) groups is 1. The first kappa shape index (κ1) is 8.33. The molecule has 0 saturated heterocycles. The van der Waals surface area contributed by atoms with E-state index in [4.69, 9.17) is 10.2 Å². The van der Waals surface area contributed by atoms with E-state index in [-0.39, 0.29) is 5.75 Å². The summed E-state index contributed by atoms with van der Waals surface area (Å²) in [5.41, 5.74) is 0.539. The van der Waals surface area contributed by atoms with Crippen molar-refractivity contribution in [2.45, 2.75) is 0 Å². The molecule has 0 aromatic heterocycles. The molecule has 1 radical (unpaired) electrons. The predicted octanol–water partition coefficient (Wildman–Crippen LogP) is 1.29. The van der Waals surface area contributed by atoms with Gasteiger partial charge in [-0.05, 0) is 17.7 Å². The van der Waals surface area contributed by atoms with Crippen LogP contribution in [0.1, 0.15) is 5.56 Å². The summed E-state index contributed by atoms with van der Waals surface area (Å²) in [6.45, 7) is 0. The van der Waals surface area contributed by atoms with Crippen LogP contribution in [0.5, 0.6) is 5.75 Å². The van der Waals surface area contributed by atoms with E-state index in [0.29, 0.717) is 5.56 Å². The minimum absolute atomic E-state index is 0.00235. The molecule has 0 bridgehead atoms. The maximum atomic E-state index is 10.1. The lowest BCUT2D eigenvalue weighted by Crippen LogP contribution is -1.85. The SMILES string of the molecule is O=C(O)/C=C/c1[c]c(O)ccc1. The summed E-state index contributed by atoms with van der Waals surface area (Å²) < 4.78 is 0. The van der Waals surface area contributed by atoms with Crippen LogP contribution in [0.2, 0.25) is 0 Å². The summed E-state index contributed by atoms with van der Waals surface area (Å²) in [4.78, 5) is 10.1. The predicted molar refractivity (Wildman–Crippen MR) is 43.6 cm³/mol. The fraction of sp³-hybridized carbons (Fsp3) is 0. The maximum Gasteiger partial charge on any atom is 0.328 e. The highest BCUT2D eigenvalue weighted by molar-refractivity contribution is 5.85. The van der Waals surface area contributed by atoms with Gasteiger partial charge in [0.2, 0.25) is 0 Å². The van der Waals surface area contributed by atoms with Gasteiger partial charge in [-0.3, -0.25) is 0 Å². The molecule has 0 atom stereocenters. The number of hydrogen-bond acceptors (Lipinski definition) is 2. The van der Waals surface area contributed by atoms with Crippen molar-refractivity contribution in [2.75, 3.05) is 0 Å². The Labute approximate surface area is 69.6 Å². The Balaban J connectivity index is 2.83. The van der Waals surface area contributed by atoms with Crippen molar-refractivity contribution in [3.8, 4) is 5.75 Å². The average Bonchev–Trinajstić information content (AvgIpc) is 2.01. The fourth-order valence-corrected chi connectivity index (χ4v) is 0.732. The van der Waals surface area contributed by atoms with Gasteiger partial charge in [-0.2, -0.15) is 0 Å². The van der Waals surface area contributed by atoms with E-state index < -0.39 is 5.97 Å². The Bertz CT molecular complexity index is 315. The molecule has 0 aliphatic carbocycles. The van der Waals surface area contributed by atoms with Crippen LogP contribution in [-0.2, 0) is 4.79 Å². The first-order valence-corrected chi connectivity index (χ1v) is 3.31. The van der Waals surface area contributed by atoms with Gasteiger partial charge in [0.15, 0.2) is 0 Å². The molecular weight excluding hydrogens is 156 g/mol. The molecular formula is C9H7O3. The van der Waals surface area contributed by atoms with Gasteiger partial charge in [-0.15, -0.1) is 0 Å². The second kappa shape index (κ2) is 3.57. The molecule has 0 fully saturated rings. The van der Waals surface area contributed by atoms with Crippen molar-refractivity contribution in [1.29, 1.82) is 0 Å². The van der Waals surface area contributed by atoms with E-state index in [1.807, 2.05) is 0 Å². The highest BCUT2D eigenvalue weighted by Gasteiger charge is 1.91. The normalized spacial score (nSPS) is 10.3. The summed E-state index contributed by atoms with van der Waals surface area (Å²) >= 11 is 0. The lowest BCUT2D eigenvalue weighted by Gasteiger charge is -1.91. The van der Waals surface area contributed by atoms with Crippen molar-refractivity contribution in [1.82, 2.24) is 0 Å². The molecule has 1 aromatic rings. The molecule has 0 unspecified atom stereocenters. The molecule has 12 heavy (non-hydrogen) atoms. The molecule has 1 aromatic carbocycles. The summed E-state index contributed by atoms with van der Waals surface area (Å²) in [5, 5.41) is 17.2. The molecule has 1 rings (SSSR count). The monoisotopic (exact) mass is 163 g/mol. The van der Waals surface area contributed by atoms with E-state index in [9.17, 15) is 4.79 Å². The molecule has 0 saturated carbocycles. The number of phenolic OH excluding ortho intramolecular Hbond substituents is 1. The molecule has 0 amide bonds. The molecule has 3 heteroatoms. The number of aromatic hydroxyl groups is 1. The van der Waals surface area contributed by atoms with Crippen LogP contribution in [-0.4, -0.2) is 16.2 Å². The van der Waals surface area contributed by atoms with Gasteiger partial charge in [-0.1, -0.05) is 12.1 Å². The van der Waals surface area contributed by atoms with Crippen molar-refractivity contribution in [3.05, 3.63) is 35.9 Å². The van der Waals surface area contributed by atoms with Crippen molar-refractivity contribution in [2.24, 2.45) is 0 Å². The smallest absolute Gasteiger partial charge is 0.328 e. The Morgan fingerprint density at radius 1 is 1.50 bits per heavy atom. The lowest BCUT2D eigenvalue weighted by atomic mass is 10.2. The summed E-state index contributed by atoms with van der Waals surface area (Å²) in [7, 11) is 0. The zero-order valence-corrected chi connectivity index (χ0v) is 6.19. The molecule has 0 heterocycles. The Kier molecular flexibility index (Phi) is 2.48. The molecule has 0 spiro atoms.